The third-order valence-corrected chi connectivity index (χ3v) is 8.34. The van der Waals surface area contributed by atoms with Gasteiger partial charge >= 0.3 is 11.9 Å². The Morgan fingerprint density at radius 3 is 1.76 bits per heavy atom. The first-order valence-corrected chi connectivity index (χ1v) is 19.4. The van der Waals surface area contributed by atoms with E-state index in [1.807, 2.05) is 6.08 Å². The van der Waals surface area contributed by atoms with Crippen LogP contribution in [0.4, 0.5) is 0 Å². The molecule has 0 bridgehead atoms. The van der Waals surface area contributed by atoms with Gasteiger partial charge in [-0.05, 0) is 76.7 Å². The first-order chi connectivity index (χ1) is 23.8. The van der Waals surface area contributed by atoms with Crippen molar-refractivity contribution in [1.29, 1.82) is 0 Å². The summed E-state index contributed by atoms with van der Waals surface area (Å²) in [5.41, 5.74) is 0. The van der Waals surface area contributed by atoms with Crippen molar-refractivity contribution in [3.8, 4) is 0 Å². The Balaban J connectivity index is 4.12. The van der Waals surface area contributed by atoms with Gasteiger partial charge in [0.15, 0.2) is 0 Å². The Hall–Kier alpha value is -2.94. The summed E-state index contributed by atoms with van der Waals surface area (Å²) in [7, 11) is 0. The summed E-state index contributed by atoms with van der Waals surface area (Å²) in [5, 5.41) is 22.4. The highest BCUT2D eigenvalue weighted by atomic mass is 16.5. The van der Waals surface area contributed by atoms with Crippen molar-refractivity contribution in [2.75, 3.05) is 13.2 Å². The number of nitrogens with one attached hydrogen (secondary N) is 2. The quantitative estimate of drug-likeness (QED) is 0.0301. The normalized spacial score (nSPS) is 12.9. The van der Waals surface area contributed by atoms with Crippen molar-refractivity contribution in [1.82, 2.24) is 10.6 Å². The maximum Gasteiger partial charge on any atom is 0.328 e. The van der Waals surface area contributed by atoms with E-state index in [0.29, 0.717) is 12.8 Å². The molecular weight excluding hydrogens is 620 g/mol. The van der Waals surface area contributed by atoms with Gasteiger partial charge in [-0.25, -0.2) is 4.79 Å². The van der Waals surface area contributed by atoms with Crippen molar-refractivity contribution < 1.29 is 34.1 Å². The van der Waals surface area contributed by atoms with Crippen molar-refractivity contribution in [2.24, 2.45) is 0 Å². The number of aliphatic hydroxyl groups is 1. The number of rotatable bonds is 34. The van der Waals surface area contributed by atoms with Gasteiger partial charge in [-0.3, -0.25) is 14.4 Å². The number of hydrogen-bond donors (Lipinski definition) is 4. The van der Waals surface area contributed by atoms with Crippen LogP contribution in [0.1, 0.15) is 168 Å². The number of hydrogen-bond acceptors (Lipinski definition) is 6. The zero-order chi connectivity index (χ0) is 36.2. The van der Waals surface area contributed by atoms with Gasteiger partial charge in [0.1, 0.15) is 12.1 Å². The molecule has 0 aliphatic rings. The number of esters is 1. The fraction of sp³-hybridized carbons (Fsp3) is 0.750. The Morgan fingerprint density at radius 1 is 0.633 bits per heavy atom. The summed E-state index contributed by atoms with van der Waals surface area (Å²) < 4.78 is 5.84. The number of amides is 2. The van der Waals surface area contributed by atoms with Crippen LogP contribution >= 0.6 is 0 Å². The summed E-state index contributed by atoms with van der Waals surface area (Å²) in [6.07, 6.45) is 37.7. The minimum atomic E-state index is -1.39. The maximum absolute atomic E-state index is 12.6. The van der Waals surface area contributed by atoms with Crippen LogP contribution in [-0.2, 0) is 23.9 Å². The highest BCUT2D eigenvalue weighted by molar-refractivity contribution is 5.87. The van der Waals surface area contributed by atoms with Crippen LogP contribution in [0, 0.1) is 0 Å². The second-order valence-electron chi connectivity index (χ2n) is 13.0. The fourth-order valence-corrected chi connectivity index (χ4v) is 5.30. The largest absolute Gasteiger partial charge is 0.480 e. The van der Waals surface area contributed by atoms with Crippen LogP contribution in [0.15, 0.2) is 36.5 Å². The molecule has 282 valence electrons. The molecule has 9 heteroatoms. The third-order valence-electron chi connectivity index (χ3n) is 8.34. The van der Waals surface area contributed by atoms with Crippen molar-refractivity contribution in [3.63, 3.8) is 0 Å². The average molecular weight is 691 g/mol. The molecule has 4 N–H and O–H groups in total. The molecule has 0 aromatic rings. The van der Waals surface area contributed by atoms with Gasteiger partial charge in [0.25, 0.3) is 0 Å². The number of aliphatic hydroxyl groups excluding tert-OH is 1. The summed E-state index contributed by atoms with van der Waals surface area (Å²) in [6.45, 7) is 3.36. The number of carbonyl (C=O) groups is 4. The van der Waals surface area contributed by atoms with E-state index in [4.69, 9.17) is 14.9 Å². The molecule has 0 radical (unpaired) electrons. The topological polar surface area (TPSA) is 142 Å². The molecule has 0 heterocycles. The minimum absolute atomic E-state index is 0.125. The molecule has 2 unspecified atom stereocenters. The van der Waals surface area contributed by atoms with E-state index in [-0.39, 0.29) is 30.9 Å². The van der Waals surface area contributed by atoms with E-state index in [1.165, 1.54) is 64.2 Å². The van der Waals surface area contributed by atoms with Crippen LogP contribution < -0.4 is 10.6 Å². The lowest BCUT2D eigenvalue weighted by Gasteiger charge is -2.15. The molecule has 0 spiro atoms. The van der Waals surface area contributed by atoms with Crippen molar-refractivity contribution >= 4 is 23.8 Å². The summed E-state index contributed by atoms with van der Waals surface area (Å²) in [5.74, 6) is -2.42. The van der Waals surface area contributed by atoms with Gasteiger partial charge in [0, 0.05) is 12.8 Å². The lowest BCUT2D eigenvalue weighted by atomic mass is 10.1. The molecular formula is C40H70N2O7. The summed E-state index contributed by atoms with van der Waals surface area (Å²) in [6, 6.07) is -1.39. The van der Waals surface area contributed by atoms with Crippen molar-refractivity contribution in [2.45, 2.75) is 180 Å². The zero-order valence-corrected chi connectivity index (χ0v) is 30.9. The van der Waals surface area contributed by atoms with Crippen LogP contribution in [0.25, 0.3) is 0 Å². The predicted octanol–water partition coefficient (Wildman–Crippen LogP) is 8.65. The van der Waals surface area contributed by atoms with Gasteiger partial charge in [-0.15, -0.1) is 0 Å². The summed E-state index contributed by atoms with van der Waals surface area (Å²) in [4.78, 5) is 47.2. The Bertz CT molecular complexity index is 932. The van der Waals surface area contributed by atoms with Gasteiger partial charge < -0.3 is 25.6 Å². The third kappa shape index (κ3) is 32.0. The molecule has 9 nitrogen and oxygen atoms in total. The molecule has 0 rings (SSSR count). The lowest BCUT2D eigenvalue weighted by molar-refractivity contribution is -0.147. The smallest absolute Gasteiger partial charge is 0.328 e. The Labute approximate surface area is 297 Å². The molecule has 0 saturated heterocycles. The van der Waals surface area contributed by atoms with Crippen LogP contribution in [0.2, 0.25) is 0 Å². The number of carbonyl (C=O) groups excluding carboxylic acids is 3. The number of unbranched alkanes of at least 4 members (excludes halogenated alkanes) is 16. The van der Waals surface area contributed by atoms with Crippen LogP contribution in [0.3, 0.4) is 0 Å². The van der Waals surface area contributed by atoms with Gasteiger partial charge in [-0.1, -0.05) is 115 Å². The zero-order valence-electron chi connectivity index (χ0n) is 30.9. The van der Waals surface area contributed by atoms with Gasteiger partial charge in [-0.2, -0.15) is 0 Å². The van der Waals surface area contributed by atoms with E-state index in [9.17, 15) is 19.2 Å². The second kappa shape index (κ2) is 34.9. The number of carboxylic acids is 1. The van der Waals surface area contributed by atoms with E-state index in [0.717, 1.165) is 70.6 Å². The molecule has 0 fully saturated rings. The van der Waals surface area contributed by atoms with E-state index < -0.39 is 24.5 Å². The van der Waals surface area contributed by atoms with Gasteiger partial charge in [0.05, 0.1) is 13.2 Å². The number of ether oxygens (including phenoxy) is 1. The fourth-order valence-electron chi connectivity index (χ4n) is 5.30. The number of carboxylic acid groups (broad SMARTS) is 1. The highest BCUT2D eigenvalue weighted by Crippen LogP contribution is 2.15. The lowest BCUT2D eigenvalue weighted by Crippen LogP contribution is -2.47. The molecule has 2 amide bonds. The highest BCUT2D eigenvalue weighted by Gasteiger charge is 2.18. The molecule has 0 aromatic heterocycles. The standard InChI is InChI=1S/C40H70N2O7/c1-3-5-7-9-10-11-12-13-14-15-16-17-18-19-20-22-28-32-39(46)49-35(29-25-21-8-6-4-2)30-26-23-24-27-31-37(44)41-33-38(45)42-36(34-43)40(47)48/h10-11,13-14,25,29,35-36,43H,3-9,12,15-24,26-28,30-34H2,1-2H3,(H,41,44)(H,42,45)(H,47,48)/b11-10-,14-13-,29-25-. The summed E-state index contributed by atoms with van der Waals surface area (Å²) >= 11 is 0. The molecule has 49 heavy (non-hydrogen) atoms. The molecule has 0 saturated carbocycles. The van der Waals surface area contributed by atoms with Crippen molar-refractivity contribution in [3.05, 3.63) is 36.5 Å². The average Bonchev–Trinajstić information content (AvgIpc) is 3.08. The molecule has 2 atom stereocenters. The first kappa shape index (κ1) is 46.1. The second-order valence-corrected chi connectivity index (χ2v) is 13.0. The molecule has 0 aliphatic heterocycles. The van der Waals surface area contributed by atoms with E-state index >= 15 is 0 Å². The molecule has 0 aliphatic carbocycles. The Morgan fingerprint density at radius 2 is 1.16 bits per heavy atom. The monoisotopic (exact) mass is 691 g/mol. The van der Waals surface area contributed by atoms with Gasteiger partial charge in [0.2, 0.25) is 11.8 Å². The number of aliphatic carboxylic acids is 1. The predicted molar refractivity (Wildman–Crippen MR) is 199 cm³/mol. The van der Waals surface area contributed by atoms with Crippen LogP contribution in [-0.4, -0.2) is 59.3 Å². The maximum atomic E-state index is 12.6. The van der Waals surface area contributed by atoms with E-state index in [2.05, 4.69) is 54.9 Å². The van der Waals surface area contributed by atoms with E-state index in [1.54, 1.807) is 0 Å². The first-order valence-electron chi connectivity index (χ1n) is 19.4. The SMILES string of the molecule is CCCCC/C=C\C/C=C\CCCCCCCCCC(=O)OC(/C=C\CCCCC)CCCCCCC(=O)NCC(=O)NC(CO)C(=O)O. The number of allylic oxidation sites excluding steroid dienone is 5. The Kier molecular flexibility index (Phi) is 32.8. The minimum Gasteiger partial charge on any atom is -0.480 e. The van der Waals surface area contributed by atoms with Crippen LogP contribution in [0.5, 0.6) is 0 Å². The molecule has 0 aromatic carbocycles.